The summed E-state index contributed by atoms with van der Waals surface area (Å²) >= 11 is 0. The molecule has 0 spiro atoms. The van der Waals surface area contributed by atoms with E-state index in [9.17, 15) is 9.18 Å². The zero-order valence-electron chi connectivity index (χ0n) is 13.8. The second-order valence-electron chi connectivity index (χ2n) is 5.95. The molecule has 1 amide bonds. The van der Waals surface area contributed by atoms with Crippen molar-refractivity contribution in [3.8, 4) is 0 Å². The molecule has 1 heterocycles. The van der Waals surface area contributed by atoms with Crippen LogP contribution in [-0.2, 0) is 17.8 Å². The minimum Gasteiger partial charge on any atom is -0.356 e. The van der Waals surface area contributed by atoms with E-state index in [4.69, 9.17) is 0 Å². The molecular weight excluding hydrogens is 303 g/mol. The average molecular weight is 324 g/mol. The Morgan fingerprint density at radius 1 is 1.12 bits per heavy atom. The normalized spacial score (nSPS) is 10.9. The molecule has 0 radical (unpaired) electrons. The Hall–Kier alpha value is -2.62. The van der Waals surface area contributed by atoms with E-state index >= 15 is 0 Å². The summed E-state index contributed by atoms with van der Waals surface area (Å²) in [5.41, 5.74) is 3.13. The molecule has 0 fully saturated rings. The third-order valence-corrected chi connectivity index (χ3v) is 4.06. The van der Waals surface area contributed by atoms with Crippen LogP contribution in [0.5, 0.6) is 0 Å². The summed E-state index contributed by atoms with van der Waals surface area (Å²) in [6, 6.07) is 14.6. The number of benzene rings is 2. The van der Waals surface area contributed by atoms with Gasteiger partial charge in [-0.3, -0.25) is 4.79 Å². The first kappa shape index (κ1) is 16.2. The Kier molecular flexibility index (Phi) is 4.94. The number of aromatic nitrogens is 1. The lowest BCUT2D eigenvalue weighted by Crippen LogP contribution is -2.25. The molecule has 1 aromatic heterocycles. The van der Waals surface area contributed by atoms with Gasteiger partial charge in [-0.05, 0) is 35.7 Å². The molecule has 2 aromatic carbocycles. The summed E-state index contributed by atoms with van der Waals surface area (Å²) in [5.74, 6) is -0.189. The highest BCUT2D eigenvalue weighted by atomic mass is 19.1. The van der Waals surface area contributed by atoms with Crippen LogP contribution in [0.4, 0.5) is 4.39 Å². The largest absolute Gasteiger partial charge is 0.356 e. The van der Waals surface area contributed by atoms with Gasteiger partial charge in [-0.15, -0.1) is 0 Å². The van der Waals surface area contributed by atoms with Gasteiger partial charge in [-0.2, -0.15) is 0 Å². The van der Waals surface area contributed by atoms with Gasteiger partial charge in [0, 0.05) is 30.2 Å². The monoisotopic (exact) mass is 324 g/mol. The Morgan fingerprint density at radius 3 is 2.62 bits per heavy atom. The number of carbonyl (C=O) groups is 1. The third kappa shape index (κ3) is 3.65. The van der Waals surface area contributed by atoms with Gasteiger partial charge in [0.2, 0.25) is 5.91 Å². The van der Waals surface area contributed by atoms with Crippen LogP contribution in [0.25, 0.3) is 10.9 Å². The summed E-state index contributed by atoms with van der Waals surface area (Å²) in [7, 11) is 0. The van der Waals surface area contributed by atoms with E-state index in [1.807, 2.05) is 37.4 Å². The van der Waals surface area contributed by atoms with E-state index in [-0.39, 0.29) is 11.7 Å². The minimum atomic E-state index is -0.232. The van der Waals surface area contributed by atoms with Gasteiger partial charge < -0.3 is 9.88 Å². The van der Waals surface area contributed by atoms with Crippen LogP contribution in [0.1, 0.15) is 24.5 Å². The SMILES string of the molecule is CCCNC(=O)Cc1cn(Cc2ccc(F)cc2)c2ccccc12. The molecule has 0 atom stereocenters. The van der Waals surface area contributed by atoms with Crippen molar-refractivity contribution in [3.05, 3.63) is 71.7 Å². The molecule has 0 bridgehead atoms. The topological polar surface area (TPSA) is 34.0 Å². The van der Waals surface area contributed by atoms with Gasteiger partial charge in [0.25, 0.3) is 0 Å². The van der Waals surface area contributed by atoms with Crippen molar-refractivity contribution in [1.82, 2.24) is 9.88 Å². The third-order valence-electron chi connectivity index (χ3n) is 4.06. The van der Waals surface area contributed by atoms with Gasteiger partial charge in [-0.1, -0.05) is 37.3 Å². The number of hydrogen-bond acceptors (Lipinski definition) is 1. The molecule has 3 nitrogen and oxygen atoms in total. The van der Waals surface area contributed by atoms with Crippen LogP contribution in [0, 0.1) is 5.82 Å². The number of halogens is 1. The summed E-state index contributed by atoms with van der Waals surface area (Å²) in [4.78, 5) is 12.1. The first-order chi connectivity index (χ1) is 11.7. The smallest absolute Gasteiger partial charge is 0.224 e. The molecule has 0 aliphatic rings. The second-order valence-corrected chi connectivity index (χ2v) is 5.95. The highest BCUT2D eigenvalue weighted by Gasteiger charge is 2.11. The van der Waals surface area contributed by atoms with E-state index < -0.39 is 0 Å². The number of nitrogens with one attached hydrogen (secondary N) is 1. The highest BCUT2D eigenvalue weighted by Crippen LogP contribution is 2.23. The molecule has 0 unspecified atom stereocenters. The van der Waals surface area contributed by atoms with E-state index in [1.54, 1.807) is 12.1 Å². The van der Waals surface area contributed by atoms with Crippen molar-refractivity contribution in [2.45, 2.75) is 26.3 Å². The molecule has 1 N–H and O–H groups in total. The fraction of sp³-hybridized carbons (Fsp3) is 0.250. The maximum atomic E-state index is 13.1. The van der Waals surface area contributed by atoms with Crippen LogP contribution in [0.3, 0.4) is 0 Å². The summed E-state index contributed by atoms with van der Waals surface area (Å²) in [6.45, 7) is 3.39. The Balaban J connectivity index is 1.88. The molecule has 24 heavy (non-hydrogen) atoms. The van der Waals surface area contributed by atoms with Crippen LogP contribution in [-0.4, -0.2) is 17.0 Å². The molecule has 0 aliphatic heterocycles. The second kappa shape index (κ2) is 7.30. The lowest BCUT2D eigenvalue weighted by Gasteiger charge is -2.05. The summed E-state index contributed by atoms with van der Waals surface area (Å²) in [5, 5.41) is 4.01. The Bertz CT molecular complexity index is 836. The highest BCUT2D eigenvalue weighted by molar-refractivity contribution is 5.89. The Morgan fingerprint density at radius 2 is 1.88 bits per heavy atom. The molecule has 124 valence electrons. The van der Waals surface area contributed by atoms with Crippen LogP contribution < -0.4 is 5.32 Å². The van der Waals surface area contributed by atoms with Gasteiger partial charge >= 0.3 is 0 Å². The van der Waals surface area contributed by atoms with Crippen LogP contribution in [0.15, 0.2) is 54.7 Å². The molecule has 0 aliphatic carbocycles. The van der Waals surface area contributed by atoms with Crippen molar-refractivity contribution in [3.63, 3.8) is 0 Å². The van der Waals surface area contributed by atoms with E-state index in [1.165, 1.54) is 12.1 Å². The predicted molar refractivity (Wildman–Crippen MR) is 94.4 cm³/mol. The summed E-state index contributed by atoms with van der Waals surface area (Å²) < 4.78 is 15.2. The van der Waals surface area contributed by atoms with Crippen molar-refractivity contribution in [2.24, 2.45) is 0 Å². The number of para-hydroxylation sites is 1. The first-order valence-corrected chi connectivity index (χ1v) is 8.25. The van der Waals surface area contributed by atoms with E-state index in [2.05, 4.69) is 9.88 Å². The molecule has 3 rings (SSSR count). The van der Waals surface area contributed by atoms with Gasteiger partial charge in [0.15, 0.2) is 0 Å². The lowest BCUT2D eigenvalue weighted by atomic mass is 10.1. The van der Waals surface area contributed by atoms with Gasteiger partial charge in [0.1, 0.15) is 5.82 Å². The van der Waals surface area contributed by atoms with E-state index in [0.29, 0.717) is 19.5 Å². The predicted octanol–water partition coefficient (Wildman–Crippen LogP) is 3.90. The Labute approximate surface area is 141 Å². The average Bonchev–Trinajstić information content (AvgIpc) is 2.93. The number of carbonyl (C=O) groups excluding carboxylic acids is 1. The first-order valence-electron chi connectivity index (χ1n) is 8.25. The standard InChI is InChI=1S/C20H21FN2O/c1-2-11-22-20(24)12-16-14-23(19-6-4-3-5-18(16)19)13-15-7-9-17(21)10-8-15/h3-10,14H,2,11-13H2,1H3,(H,22,24). The van der Waals surface area contributed by atoms with Crippen LogP contribution in [0.2, 0.25) is 0 Å². The zero-order chi connectivity index (χ0) is 16.9. The molecular formula is C20H21FN2O. The zero-order valence-corrected chi connectivity index (χ0v) is 13.8. The summed E-state index contributed by atoms with van der Waals surface area (Å²) in [6.07, 6.45) is 3.33. The minimum absolute atomic E-state index is 0.0431. The molecule has 3 aromatic rings. The maximum Gasteiger partial charge on any atom is 0.224 e. The number of amides is 1. The number of fused-ring (bicyclic) bond motifs is 1. The molecule has 0 saturated carbocycles. The fourth-order valence-corrected chi connectivity index (χ4v) is 2.88. The molecule has 0 saturated heterocycles. The van der Waals surface area contributed by atoms with Gasteiger partial charge in [-0.25, -0.2) is 4.39 Å². The van der Waals surface area contributed by atoms with E-state index in [0.717, 1.165) is 28.5 Å². The quantitative estimate of drug-likeness (QED) is 0.733. The number of rotatable bonds is 6. The fourth-order valence-electron chi connectivity index (χ4n) is 2.88. The number of nitrogens with zero attached hydrogens (tertiary/aromatic N) is 1. The number of hydrogen-bond donors (Lipinski definition) is 1. The van der Waals surface area contributed by atoms with Crippen molar-refractivity contribution < 1.29 is 9.18 Å². The lowest BCUT2D eigenvalue weighted by molar-refractivity contribution is -0.120. The maximum absolute atomic E-state index is 13.1. The van der Waals surface area contributed by atoms with Crippen LogP contribution >= 0.6 is 0 Å². The van der Waals surface area contributed by atoms with Crippen molar-refractivity contribution in [2.75, 3.05) is 6.54 Å². The van der Waals surface area contributed by atoms with Crippen molar-refractivity contribution in [1.29, 1.82) is 0 Å². The van der Waals surface area contributed by atoms with Crippen molar-refractivity contribution >= 4 is 16.8 Å². The van der Waals surface area contributed by atoms with Gasteiger partial charge in [0.05, 0.1) is 6.42 Å². The molecule has 4 heteroatoms.